The number of carbonyl (C=O) groups is 1. The van der Waals surface area contributed by atoms with E-state index in [-0.39, 0.29) is 36.8 Å². The average molecular weight is 322 g/mol. The Balaban J connectivity index is 0.00000220. The summed E-state index contributed by atoms with van der Waals surface area (Å²) in [7, 11) is 0. The van der Waals surface area contributed by atoms with E-state index in [1.54, 1.807) is 12.1 Å². The maximum atomic E-state index is 12.1. The van der Waals surface area contributed by atoms with Crippen molar-refractivity contribution < 1.29 is 18.3 Å². The predicted molar refractivity (Wildman–Crippen MR) is 75.9 cm³/mol. The number of pyridine rings is 1. The summed E-state index contributed by atoms with van der Waals surface area (Å²) in [4.78, 5) is 15.7. The van der Waals surface area contributed by atoms with E-state index in [1.165, 1.54) is 6.20 Å². The molecule has 1 aromatic heterocycles. The molecule has 1 aliphatic rings. The van der Waals surface area contributed by atoms with Gasteiger partial charge in [-0.05, 0) is 25.5 Å². The summed E-state index contributed by atoms with van der Waals surface area (Å²) >= 11 is 0. The number of carbonyl (C=O) groups excluding carboxylic acids is 1. The first-order chi connectivity index (χ1) is 9.66. The molecule has 118 valence electrons. The first-order valence-electron chi connectivity index (χ1n) is 6.53. The van der Waals surface area contributed by atoms with Crippen LogP contribution in [-0.4, -0.2) is 36.5 Å². The smallest absolute Gasteiger partial charge is 0.272 e. The van der Waals surface area contributed by atoms with Crippen LogP contribution in [0.4, 0.5) is 8.78 Å². The third-order valence-electron chi connectivity index (χ3n) is 3.03. The van der Waals surface area contributed by atoms with Crippen molar-refractivity contribution in [2.45, 2.75) is 31.9 Å². The van der Waals surface area contributed by atoms with E-state index in [9.17, 15) is 13.6 Å². The van der Waals surface area contributed by atoms with Gasteiger partial charge in [0.25, 0.3) is 6.43 Å². The topological polar surface area (TPSA) is 63.2 Å². The molecule has 2 rings (SSSR count). The molecule has 1 unspecified atom stereocenters. The number of hydrogen-bond acceptors (Lipinski definition) is 4. The number of halogens is 3. The van der Waals surface area contributed by atoms with Crippen LogP contribution in [-0.2, 0) is 11.3 Å². The lowest BCUT2D eigenvalue weighted by Gasteiger charge is -2.13. The number of ether oxygens (including phenoxy) is 1. The van der Waals surface area contributed by atoms with E-state index in [0.717, 1.165) is 19.4 Å². The highest BCUT2D eigenvalue weighted by Crippen LogP contribution is 2.15. The molecular weight excluding hydrogens is 304 g/mol. The molecule has 0 radical (unpaired) electrons. The third-order valence-corrected chi connectivity index (χ3v) is 3.03. The van der Waals surface area contributed by atoms with Gasteiger partial charge in [0.15, 0.2) is 6.61 Å². The van der Waals surface area contributed by atoms with Crippen LogP contribution in [0.2, 0.25) is 0 Å². The molecule has 8 heteroatoms. The minimum absolute atomic E-state index is 0. The molecule has 0 aliphatic carbocycles. The maximum Gasteiger partial charge on any atom is 0.272 e. The number of nitrogens with zero attached hydrogens (tertiary/aromatic N) is 1. The molecule has 0 bridgehead atoms. The third kappa shape index (κ3) is 5.43. The second-order valence-electron chi connectivity index (χ2n) is 4.54. The number of aromatic nitrogens is 1. The van der Waals surface area contributed by atoms with Gasteiger partial charge < -0.3 is 15.4 Å². The number of alkyl halides is 2. The second kappa shape index (κ2) is 8.74. The predicted octanol–water partition coefficient (Wildman–Crippen LogP) is 1.52. The summed E-state index contributed by atoms with van der Waals surface area (Å²) in [6, 6.07) is 3.19. The molecule has 1 atom stereocenters. The fourth-order valence-corrected chi connectivity index (χ4v) is 2.04. The largest absolute Gasteiger partial charge is 0.471 e. The van der Waals surface area contributed by atoms with Gasteiger partial charge in [-0.1, -0.05) is 6.07 Å². The minimum atomic E-state index is -2.55. The van der Waals surface area contributed by atoms with Crippen LogP contribution < -0.4 is 15.4 Å². The number of hydrogen-bond donors (Lipinski definition) is 2. The van der Waals surface area contributed by atoms with Crippen molar-refractivity contribution in [3.63, 3.8) is 0 Å². The van der Waals surface area contributed by atoms with Gasteiger partial charge >= 0.3 is 0 Å². The van der Waals surface area contributed by atoms with E-state index in [1.807, 2.05) is 0 Å². The minimum Gasteiger partial charge on any atom is -0.471 e. The molecule has 21 heavy (non-hydrogen) atoms. The van der Waals surface area contributed by atoms with Crippen molar-refractivity contribution in [2.24, 2.45) is 0 Å². The van der Waals surface area contributed by atoms with Crippen LogP contribution in [0.5, 0.6) is 5.88 Å². The Morgan fingerprint density at radius 3 is 3.05 bits per heavy atom. The van der Waals surface area contributed by atoms with Gasteiger partial charge in [-0.15, -0.1) is 12.4 Å². The number of rotatable bonds is 6. The van der Waals surface area contributed by atoms with Crippen molar-refractivity contribution in [3.05, 3.63) is 23.9 Å². The van der Waals surface area contributed by atoms with Crippen LogP contribution in [0.15, 0.2) is 18.3 Å². The molecule has 5 nitrogen and oxygen atoms in total. The summed E-state index contributed by atoms with van der Waals surface area (Å²) in [6.07, 6.45) is 0.702. The highest BCUT2D eigenvalue weighted by atomic mass is 35.5. The van der Waals surface area contributed by atoms with Crippen LogP contribution in [0.1, 0.15) is 18.4 Å². The standard InChI is InChI=1S/C13H17F2N3O2.ClH/c14-11(15)8-20-13-9(3-1-6-17-13)7-18-12(19)10-4-2-5-16-10;/h1,3,6,10-11,16H,2,4-5,7-8H2,(H,18,19);1H. The van der Waals surface area contributed by atoms with E-state index in [0.29, 0.717) is 5.56 Å². The van der Waals surface area contributed by atoms with Crippen LogP contribution in [0, 0.1) is 0 Å². The van der Waals surface area contributed by atoms with Crippen molar-refractivity contribution in [1.82, 2.24) is 15.6 Å². The Kier molecular flexibility index (Phi) is 7.31. The van der Waals surface area contributed by atoms with Gasteiger partial charge in [0, 0.05) is 18.3 Å². The molecule has 1 aliphatic heterocycles. The number of amides is 1. The second-order valence-corrected chi connectivity index (χ2v) is 4.54. The van der Waals surface area contributed by atoms with Crippen LogP contribution >= 0.6 is 12.4 Å². The van der Waals surface area contributed by atoms with Crippen LogP contribution in [0.25, 0.3) is 0 Å². The van der Waals surface area contributed by atoms with Crippen molar-refractivity contribution in [2.75, 3.05) is 13.2 Å². The summed E-state index contributed by atoms with van der Waals surface area (Å²) in [5.74, 6) is 0.0404. The molecule has 2 N–H and O–H groups in total. The monoisotopic (exact) mass is 321 g/mol. The van der Waals surface area contributed by atoms with Gasteiger partial charge in [0.2, 0.25) is 11.8 Å². The van der Waals surface area contributed by atoms with Crippen molar-refractivity contribution >= 4 is 18.3 Å². The fourth-order valence-electron chi connectivity index (χ4n) is 2.04. The lowest BCUT2D eigenvalue weighted by Crippen LogP contribution is -2.40. The van der Waals surface area contributed by atoms with Crippen molar-refractivity contribution in [1.29, 1.82) is 0 Å². The van der Waals surface area contributed by atoms with E-state index in [4.69, 9.17) is 4.74 Å². The van der Waals surface area contributed by atoms with Gasteiger partial charge in [-0.2, -0.15) is 0 Å². The molecule has 1 aromatic rings. The highest BCUT2D eigenvalue weighted by Gasteiger charge is 2.21. The molecule has 1 fully saturated rings. The summed E-state index contributed by atoms with van der Waals surface area (Å²) in [6.45, 7) is 0.347. The fraction of sp³-hybridized carbons (Fsp3) is 0.538. The Labute approximate surface area is 127 Å². The van der Waals surface area contributed by atoms with Gasteiger partial charge in [-0.25, -0.2) is 13.8 Å². The molecule has 0 aromatic carbocycles. The Bertz CT molecular complexity index is 457. The lowest BCUT2D eigenvalue weighted by molar-refractivity contribution is -0.122. The van der Waals surface area contributed by atoms with E-state index < -0.39 is 13.0 Å². The molecule has 0 saturated carbocycles. The zero-order valence-corrected chi connectivity index (χ0v) is 12.2. The molecule has 2 heterocycles. The van der Waals surface area contributed by atoms with E-state index in [2.05, 4.69) is 15.6 Å². The average Bonchev–Trinajstić information content (AvgIpc) is 2.97. The normalized spacial score (nSPS) is 17.4. The number of nitrogens with one attached hydrogen (secondary N) is 2. The Hall–Kier alpha value is -1.47. The Morgan fingerprint density at radius 1 is 1.57 bits per heavy atom. The molecule has 1 amide bonds. The van der Waals surface area contributed by atoms with Gasteiger partial charge in [-0.3, -0.25) is 4.79 Å². The summed E-state index contributed by atoms with van der Waals surface area (Å²) in [5.41, 5.74) is 0.583. The van der Waals surface area contributed by atoms with E-state index >= 15 is 0 Å². The molecular formula is C13H18ClF2N3O2. The summed E-state index contributed by atoms with van der Waals surface area (Å²) in [5, 5.41) is 5.85. The SMILES string of the molecule is Cl.O=C(NCc1cccnc1OCC(F)F)C1CCCN1. The Morgan fingerprint density at radius 2 is 2.38 bits per heavy atom. The first kappa shape index (κ1) is 17.6. The van der Waals surface area contributed by atoms with Gasteiger partial charge in [0.1, 0.15) is 0 Å². The maximum absolute atomic E-state index is 12.1. The zero-order chi connectivity index (χ0) is 14.4. The first-order valence-corrected chi connectivity index (χ1v) is 6.53. The van der Waals surface area contributed by atoms with Crippen molar-refractivity contribution in [3.8, 4) is 5.88 Å². The molecule has 1 saturated heterocycles. The highest BCUT2D eigenvalue weighted by molar-refractivity contribution is 5.85. The summed E-state index contributed by atoms with van der Waals surface area (Å²) < 4.78 is 29.2. The lowest BCUT2D eigenvalue weighted by atomic mass is 10.2. The zero-order valence-electron chi connectivity index (χ0n) is 11.4. The van der Waals surface area contributed by atoms with Crippen LogP contribution in [0.3, 0.4) is 0 Å². The van der Waals surface area contributed by atoms with Gasteiger partial charge in [0.05, 0.1) is 6.04 Å². The molecule has 0 spiro atoms. The quantitative estimate of drug-likeness (QED) is 0.834.